The lowest BCUT2D eigenvalue weighted by atomic mass is 10.6. The van der Waals surface area contributed by atoms with Crippen molar-refractivity contribution in [1.29, 1.82) is 0 Å². The van der Waals surface area contributed by atoms with Gasteiger partial charge in [0.2, 0.25) is 0 Å². The standard InChI is InChI=1S/C3H5O2/c1-2-3(4)5/h1-5H. The fourth-order valence-corrected chi connectivity index (χ4v) is 0. The minimum absolute atomic E-state index is 0.778. The first-order chi connectivity index (χ1) is 2.27. The summed E-state index contributed by atoms with van der Waals surface area (Å²) in [6, 6.07) is 0. The van der Waals surface area contributed by atoms with Gasteiger partial charge in [0, 0.05) is 0 Å². The van der Waals surface area contributed by atoms with Gasteiger partial charge in [0.25, 0.3) is 0 Å². The van der Waals surface area contributed by atoms with Crippen molar-refractivity contribution in [3.63, 3.8) is 0 Å². The second-order valence-corrected chi connectivity index (χ2v) is 0.606. The predicted octanol–water partition coefficient (Wildman–Crippen LogP) is -0.714. The van der Waals surface area contributed by atoms with Gasteiger partial charge in [-0.15, -0.1) is 0 Å². The molecule has 0 aromatic heterocycles. The summed E-state index contributed by atoms with van der Waals surface area (Å²) in [4.78, 5) is 0. The lowest BCUT2D eigenvalue weighted by Crippen LogP contribution is -1.95. The van der Waals surface area contributed by atoms with Crippen LogP contribution in [0, 0.1) is 6.58 Å². The van der Waals surface area contributed by atoms with Crippen molar-refractivity contribution in [3.05, 3.63) is 12.7 Å². The third-order valence-corrected chi connectivity index (χ3v) is 0.172. The molecular formula is C3H5O2. The Morgan fingerprint density at radius 2 is 1.80 bits per heavy atom. The molecule has 0 unspecified atom stereocenters. The largest absolute Gasteiger partial charge is 0.365 e. The maximum atomic E-state index is 7.74. The van der Waals surface area contributed by atoms with Crippen LogP contribution in [0.3, 0.4) is 0 Å². The maximum absolute atomic E-state index is 7.74. The summed E-state index contributed by atoms with van der Waals surface area (Å²) < 4.78 is 0. The fraction of sp³-hybridized carbons (Fsp3) is 0.333. The summed E-state index contributed by atoms with van der Waals surface area (Å²) in [6.07, 6.45) is -0.685. The van der Waals surface area contributed by atoms with E-state index in [1.165, 1.54) is 0 Å². The highest BCUT2D eigenvalue weighted by atomic mass is 16.5. The number of aliphatic hydroxyl groups excluding tert-OH is 1. The SMILES string of the molecule is [CH]=CC(O)O. The van der Waals surface area contributed by atoms with E-state index in [1.54, 1.807) is 0 Å². The van der Waals surface area contributed by atoms with Crippen LogP contribution in [-0.4, -0.2) is 16.5 Å². The van der Waals surface area contributed by atoms with Gasteiger partial charge in [0.05, 0.1) is 0 Å². The maximum Gasteiger partial charge on any atom is 0.171 e. The topological polar surface area (TPSA) is 40.5 Å². The van der Waals surface area contributed by atoms with Crippen molar-refractivity contribution >= 4 is 0 Å². The molecule has 0 saturated carbocycles. The summed E-state index contributed by atoms with van der Waals surface area (Å²) in [7, 11) is 0. The summed E-state index contributed by atoms with van der Waals surface area (Å²) in [6.45, 7) is 4.55. The van der Waals surface area contributed by atoms with Crippen molar-refractivity contribution in [1.82, 2.24) is 0 Å². The zero-order valence-electron chi connectivity index (χ0n) is 2.63. The molecule has 0 fully saturated rings. The van der Waals surface area contributed by atoms with Crippen LogP contribution in [0.15, 0.2) is 6.08 Å². The second-order valence-electron chi connectivity index (χ2n) is 0.606. The number of hydrogen-bond acceptors (Lipinski definition) is 2. The van der Waals surface area contributed by atoms with Gasteiger partial charge in [-0.1, -0.05) is 6.58 Å². The molecule has 0 aliphatic rings. The minimum atomic E-state index is -1.46. The van der Waals surface area contributed by atoms with E-state index < -0.39 is 6.29 Å². The summed E-state index contributed by atoms with van der Waals surface area (Å²) in [5.74, 6) is 0. The molecule has 0 aromatic carbocycles. The predicted molar refractivity (Wildman–Crippen MR) is 17.1 cm³/mol. The zero-order chi connectivity index (χ0) is 4.28. The molecule has 0 bridgehead atoms. The van der Waals surface area contributed by atoms with Crippen LogP contribution in [0.2, 0.25) is 0 Å². The van der Waals surface area contributed by atoms with Crippen LogP contribution in [-0.2, 0) is 0 Å². The third kappa shape index (κ3) is 3.66. The molecule has 0 aromatic rings. The van der Waals surface area contributed by atoms with Crippen LogP contribution < -0.4 is 0 Å². The average molecular weight is 73.1 g/mol. The highest BCUT2D eigenvalue weighted by molar-refractivity contribution is 4.62. The van der Waals surface area contributed by atoms with Crippen LogP contribution in [0.1, 0.15) is 0 Å². The van der Waals surface area contributed by atoms with Crippen molar-refractivity contribution in [2.45, 2.75) is 6.29 Å². The van der Waals surface area contributed by atoms with Crippen molar-refractivity contribution in [2.75, 3.05) is 0 Å². The molecule has 2 nitrogen and oxygen atoms in total. The lowest BCUT2D eigenvalue weighted by molar-refractivity contribution is 0.00240. The molecule has 0 heterocycles. The first-order valence-electron chi connectivity index (χ1n) is 1.18. The summed E-state index contributed by atoms with van der Waals surface area (Å²) in [5, 5.41) is 15.5. The Labute approximate surface area is 30.4 Å². The van der Waals surface area contributed by atoms with E-state index in [1.807, 2.05) is 0 Å². The van der Waals surface area contributed by atoms with Crippen LogP contribution in [0.4, 0.5) is 0 Å². The van der Waals surface area contributed by atoms with Crippen molar-refractivity contribution < 1.29 is 10.2 Å². The number of hydrogen-bond donors (Lipinski definition) is 2. The Morgan fingerprint density at radius 3 is 1.80 bits per heavy atom. The van der Waals surface area contributed by atoms with Gasteiger partial charge in [-0.05, 0) is 6.08 Å². The van der Waals surface area contributed by atoms with E-state index >= 15 is 0 Å². The van der Waals surface area contributed by atoms with E-state index in [0.717, 1.165) is 6.08 Å². The zero-order valence-corrected chi connectivity index (χ0v) is 2.63. The molecule has 1 radical (unpaired) electrons. The highest BCUT2D eigenvalue weighted by Gasteiger charge is 1.77. The average Bonchev–Trinajstić information content (AvgIpc) is 1.38. The van der Waals surface area contributed by atoms with Crippen LogP contribution in [0.25, 0.3) is 0 Å². The molecule has 0 atom stereocenters. The molecule has 0 rings (SSSR count). The third-order valence-electron chi connectivity index (χ3n) is 0.172. The van der Waals surface area contributed by atoms with E-state index in [2.05, 4.69) is 6.58 Å². The Balaban J connectivity index is 2.83. The van der Waals surface area contributed by atoms with E-state index in [0.29, 0.717) is 0 Å². The smallest absolute Gasteiger partial charge is 0.171 e. The van der Waals surface area contributed by atoms with Crippen LogP contribution in [0.5, 0.6) is 0 Å². The van der Waals surface area contributed by atoms with E-state index in [-0.39, 0.29) is 0 Å². The molecule has 2 N–H and O–H groups in total. The molecule has 0 spiro atoms. The molecule has 2 heteroatoms. The quantitative estimate of drug-likeness (QED) is 0.402. The van der Waals surface area contributed by atoms with Gasteiger partial charge < -0.3 is 10.2 Å². The normalized spacial score (nSPS) is 8.60. The molecule has 0 aliphatic heterocycles. The Kier molecular flexibility index (Phi) is 1.80. The number of rotatable bonds is 1. The first kappa shape index (κ1) is 4.66. The lowest BCUT2D eigenvalue weighted by Gasteiger charge is -1.84. The summed E-state index contributed by atoms with van der Waals surface area (Å²) >= 11 is 0. The van der Waals surface area contributed by atoms with Gasteiger partial charge in [0.15, 0.2) is 6.29 Å². The van der Waals surface area contributed by atoms with Gasteiger partial charge in [-0.3, -0.25) is 0 Å². The Bertz CT molecular complexity index is 31.9. The van der Waals surface area contributed by atoms with Gasteiger partial charge in [0.1, 0.15) is 0 Å². The summed E-state index contributed by atoms with van der Waals surface area (Å²) in [5.41, 5.74) is 0. The van der Waals surface area contributed by atoms with Crippen molar-refractivity contribution in [2.24, 2.45) is 0 Å². The van der Waals surface area contributed by atoms with E-state index in [9.17, 15) is 0 Å². The minimum Gasteiger partial charge on any atom is -0.365 e. The molecule has 0 saturated heterocycles. The molecule has 0 amide bonds. The van der Waals surface area contributed by atoms with Crippen LogP contribution >= 0.6 is 0 Å². The van der Waals surface area contributed by atoms with Gasteiger partial charge in [-0.25, -0.2) is 0 Å². The Hall–Kier alpha value is -0.340. The number of aliphatic hydroxyl groups is 2. The molecule has 29 valence electrons. The van der Waals surface area contributed by atoms with Gasteiger partial charge in [-0.2, -0.15) is 0 Å². The first-order valence-corrected chi connectivity index (χ1v) is 1.18. The second kappa shape index (κ2) is 1.93. The highest BCUT2D eigenvalue weighted by Crippen LogP contribution is 1.66. The molecule has 0 aliphatic carbocycles. The molecular weight excluding hydrogens is 68.0 g/mol. The van der Waals surface area contributed by atoms with E-state index in [4.69, 9.17) is 10.2 Å². The molecule has 5 heavy (non-hydrogen) atoms. The fourth-order valence-electron chi connectivity index (χ4n) is 0. The van der Waals surface area contributed by atoms with Gasteiger partial charge >= 0.3 is 0 Å². The Morgan fingerprint density at radius 1 is 1.60 bits per heavy atom. The van der Waals surface area contributed by atoms with Crippen molar-refractivity contribution in [3.8, 4) is 0 Å². The monoisotopic (exact) mass is 73.0 g/mol.